The maximum absolute atomic E-state index is 12.6. The average Bonchev–Trinajstić information content (AvgIpc) is 3.34. The summed E-state index contributed by atoms with van der Waals surface area (Å²) in [6, 6.07) is 10.3. The largest absolute Gasteiger partial charge is 0.370 e. The lowest BCUT2D eigenvalue weighted by Crippen LogP contribution is -2.34. The number of benzene rings is 1. The third-order valence-electron chi connectivity index (χ3n) is 5.20. The van der Waals surface area contributed by atoms with Crippen LogP contribution in [0.1, 0.15) is 49.5 Å². The number of amides is 2. The molecule has 3 rings (SSSR count). The van der Waals surface area contributed by atoms with Crippen LogP contribution in [-0.2, 0) is 23.1 Å². The van der Waals surface area contributed by atoms with Gasteiger partial charge in [0.1, 0.15) is 5.82 Å². The molecule has 0 saturated heterocycles. The molecular weight excluding hydrogens is 374 g/mol. The summed E-state index contributed by atoms with van der Waals surface area (Å²) < 4.78 is 1.81. The Morgan fingerprint density at radius 3 is 2.64 bits per heavy atom. The molecular formula is C20H27N5O2S. The lowest BCUT2D eigenvalue weighted by Gasteiger charge is -2.25. The minimum Gasteiger partial charge on any atom is -0.370 e. The number of primary amides is 1. The molecule has 8 heteroatoms. The first kappa shape index (κ1) is 20.4. The van der Waals surface area contributed by atoms with Gasteiger partial charge in [0, 0.05) is 19.9 Å². The summed E-state index contributed by atoms with van der Waals surface area (Å²) >= 11 is 1.35. The third kappa shape index (κ3) is 5.34. The average molecular weight is 402 g/mol. The Balaban J connectivity index is 1.58. The molecule has 0 bridgehead atoms. The Morgan fingerprint density at radius 2 is 1.96 bits per heavy atom. The zero-order valence-electron chi connectivity index (χ0n) is 16.1. The van der Waals surface area contributed by atoms with Crippen LogP contribution in [-0.4, -0.2) is 32.3 Å². The summed E-state index contributed by atoms with van der Waals surface area (Å²) in [5.74, 6) is 1.09. The van der Waals surface area contributed by atoms with E-state index < -0.39 is 0 Å². The maximum atomic E-state index is 12.6. The number of carbonyl (C=O) groups is 2. The number of thioether (sulfide) groups is 1. The van der Waals surface area contributed by atoms with Gasteiger partial charge in [-0.25, -0.2) is 0 Å². The zero-order chi connectivity index (χ0) is 19.9. The van der Waals surface area contributed by atoms with Crippen molar-refractivity contribution in [2.24, 2.45) is 18.7 Å². The summed E-state index contributed by atoms with van der Waals surface area (Å²) in [5.41, 5.74) is 6.35. The van der Waals surface area contributed by atoms with E-state index in [0.717, 1.165) is 12.8 Å². The number of nitrogens with zero attached hydrogens (tertiary/aromatic N) is 3. The molecule has 2 aromatic rings. The van der Waals surface area contributed by atoms with Gasteiger partial charge in [-0.05, 0) is 24.3 Å². The number of hydrogen-bond donors (Lipinski definition) is 2. The standard InChI is InChI=1S/C20H27N5O2S/c1-25-17(12-11-16(21)26)23-24-20(25)28-13-18(27)22-19(15-9-5-6-10-15)14-7-3-2-4-8-14/h2-4,7-8,15,19H,5-6,9-13H2,1H3,(H2,21,26)(H,22,27). The molecule has 0 spiro atoms. The van der Waals surface area contributed by atoms with Crippen molar-refractivity contribution in [1.82, 2.24) is 20.1 Å². The van der Waals surface area contributed by atoms with Crippen molar-refractivity contribution in [3.8, 4) is 0 Å². The first-order valence-corrected chi connectivity index (χ1v) is 10.7. The monoisotopic (exact) mass is 401 g/mol. The van der Waals surface area contributed by atoms with E-state index in [9.17, 15) is 9.59 Å². The number of aromatic nitrogens is 3. The van der Waals surface area contributed by atoms with Crippen molar-refractivity contribution in [2.45, 2.75) is 49.7 Å². The Morgan fingerprint density at radius 1 is 1.25 bits per heavy atom. The molecule has 1 atom stereocenters. The summed E-state index contributed by atoms with van der Waals surface area (Å²) in [7, 11) is 1.84. The molecule has 1 fully saturated rings. The fourth-order valence-corrected chi connectivity index (χ4v) is 4.43. The maximum Gasteiger partial charge on any atom is 0.230 e. The molecule has 1 aliphatic carbocycles. The quantitative estimate of drug-likeness (QED) is 0.628. The van der Waals surface area contributed by atoms with Crippen LogP contribution in [0.15, 0.2) is 35.5 Å². The second kappa shape index (κ2) is 9.73. The second-order valence-corrected chi connectivity index (χ2v) is 8.16. The highest BCUT2D eigenvalue weighted by Crippen LogP contribution is 2.35. The minimum atomic E-state index is -0.365. The van der Waals surface area contributed by atoms with E-state index >= 15 is 0 Å². The minimum absolute atomic E-state index is 0.00700. The predicted molar refractivity (Wildman–Crippen MR) is 109 cm³/mol. The number of hydrogen-bond acceptors (Lipinski definition) is 5. The van der Waals surface area contributed by atoms with Crippen molar-refractivity contribution >= 4 is 23.6 Å². The Bertz CT molecular complexity index is 802. The highest BCUT2D eigenvalue weighted by atomic mass is 32.2. The van der Waals surface area contributed by atoms with Crippen molar-refractivity contribution < 1.29 is 9.59 Å². The number of carbonyl (C=O) groups excluding carboxylic acids is 2. The predicted octanol–water partition coefficient (Wildman–Crippen LogP) is 2.37. The van der Waals surface area contributed by atoms with Gasteiger partial charge in [-0.3, -0.25) is 9.59 Å². The Hall–Kier alpha value is -2.35. The number of nitrogens with two attached hydrogens (primary N) is 1. The van der Waals surface area contributed by atoms with Crippen LogP contribution in [0.5, 0.6) is 0 Å². The smallest absolute Gasteiger partial charge is 0.230 e. The highest BCUT2D eigenvalue weighted by molar-refractivity contribution is 7.99. The van der Waals surface area contributed by atoms with Crippen LogP contribution in [0.2, 0.25) is 0 Å². The van der Waals surface area contributed by atoms with Crippen molar-refractivity contribution in [3.63, 3.8) is 0 Å². The van der Waals surface area contributed by atoms with E-state index in [0.29, 0.717) is 23.3 Å². The number of rotatable bonds is 9. The lowest BCUT2D eigenvalue weighted by atomic mass is 9.91. The molecule has 150 valence electrons. The lowest BCUT2D eigenvalue weighted by molar-refractivity contribution is -0.120. The van der Waals surface area contributed by atoms with Crippen molar-refractivity contribution in [3.05, 3.63) is 41.7 Å². The van der Waals surface area contributed by atoms with E-state index in [4.69, 9.17) is 5.73 Å². The number of aryl methyl sites for hydroxylation is 1. The molecule has 1 heterocycles. The van der Waals surface area contributed by atoms with Gasteiger partial charge in [0.15, 0.2) is 5.16 Å². The first-order chi connectivity index (χ1) is 13.5. The Labute approximate surface area is 169 Å². The van der Waals surface area contributed by atoms with Gasteiger partial charge < -0.3 is 15.6 Å². The highest BCUT2D eigenvalue weighted by Gasteiger charge is 2.27. The van der Waals surface area contributed by atoms with Crippen LogP contribution >= 0.6 is 11.8 Å². The van der Waals surface area contributed by atoms with E-state index in [1.54, 1.807) is 0 Å². The molecule has 1 aliphatic rings. The fraction of sp³-hybridized carbons (Fsp3) is 0.500. The summed E-state index contributed by atoms with van der Waals surface area (Å²) in [6.07, 6.45) is 5.44. The fourth-order valence-electron chi connectivity index (χ4n) is 3.69. The molecule has 28 heavy (non-hydrogen) atoms. The first-order valence-electron chi connectivity index (χ1n) is 9.68. The number of nitrogens with one attached hydrogen (secondary N) is 1. The van der Waals surface area contributed by atoms with Crippen molar-refractivity contribution in [1.29, 1.82) is 0 Å². The summed E-state index contributed by atoms with van der Waals surface area (Å²) in [6.45, 7) is 0. The van der Waals surface area contributed by atoms with Crippen LogP contribution in [0.4, 0.5) is 0 Å². The normalized spacial score (nSPS) is 15.5. The SMILES string of the molecule is Cn1c(CCC(N)=O)nnc1SCC(=O)NC(c1ccccc1)C1CCCC1. The molecule has 1 saturated carbocycles. The third-order valence-corrected chi connectivity index (χ3v) is 6.22. The molecule has 3 N–H and O–H groups in total. The van der Waals surface area contributed by atoms with E-state index in [2.05, 4.69) is 27.6 Å². The molecule has 1 aromatic carbocycles. The molecule has 2 amide bonds. The van der Waals surface area contributed by atoms with E-state index in [-0.39, 0.29) is 30.0 Å². The van der Waals surface area contributed by atoms with Crippen LogP contribution in [0, 0.1) is 5.92 Å². The molecule has 0 radical (unpaired) electrons. The van der Waals surface area contributed by atoms with Crippen LogP contribution in [0.3, 0.4) is 0 Å². The van der Waals surface area contributed by atoms with Crippen LogP contribution < -0.4 is 11.1 Å². The van der Waals surface area contributed by atoms with Crippen molar-refractivity contribution in [2.75, 3.05) is 5.75 Å². The molecule has 7 nitrogen and oxygen atoms in total. The Kier molecular flexibility index (Phi) is 7.08. The van der Waals surface area contributed by atoms with Gasteiger partial charge in [-0.15, -0.1) is 10.2 Å². The van der Waals surface area contributed by atoms with Crippen LogP contribution in [0.25, 0.3) is 0 Å². The topological polar surface area (TPSA) is 103 Å². The summed E-state index contributed by atoms with van der Waals surface area (Å²) in [5, 5.41) is 12.1. The van der Waals surface area contributed by atoms with Gasteiger partial charge in [-0.2, -0.15) is 0 Å². The molecule has 1 unspecified atom stereocenters. The van der Waals surface area contributed by atoms with E-state index in [1.807, 2.05) is 29.8 Å². The van der Waals surface area contributed by atoms with E-state index in [1.165, 1.54) is 30.2 Å². The van der Waals surface area contributed by atoms with Gasteiger partial charge in [0.2, 0.25) is 11.8 Å². The zero-order valence-corrected chi connectivity index (χ0v) is 17.0. The van der Waals surface area contributed by atoms with Gasteiger partial charge in [0.05, 0.1) is 11.8 Å². The molecule has 0 aliphatic heterocycles. The second-order valence-electron chi connectivity index (χ2n) is 7.21. The molecule has 1 aromatic heterocycles. The van der Waals surface area contributed by atoms with Gasteiger partial charge in [0.25, 0.3) is 0 Å². The summed E-state index contributed by atoms with van der Waals surface area (Å²) in [4.78, 5) is 23.6. The van der Waals surface area contributed by atoms with Gasteiger partial charge in [-0.1, -0.05) is 54.9 Å². The van der Waals surface area contributed by atoms with Gasteiger partial charge >= 0.3 is 0 Å².